The van der Waals surface area contributed by atoms with Crippen LogP contribution in [-0.4, -0.2) is 40.5 Å². The lowest BCUT2D eigenvalue weighted by molar-refractivity contribution is -0.144. The van der Waals surface area contributed by atoms with Gasteiger partial charge in [0.15, 0.2) is 0 Å². The van der Waals surface area contributed by atoms with Crippen molar-refractivity contribution in [3.8, 4) is 0 Å². The van der Waals surface area contributed by atoms with Crippen molar-refractivity contribution in [2.24, 2.45) is 0 Å². The molecule has 23 heavy (non-hydrogen) atoms. The number of carbonyl (C=O) groups is 2. The predicted octanol–water partition coefficient (Wildman–Crippen LogP) is 3.04. The summed E-state index contributed by atoms with van der Waals surface area (Å²) in [6, 6.07) is 7.58. The lowest BCUT2D eigenvalue weighted by Crippen LogP contribution is -2.48. The number of aromatic nitrogens is 1. The summed E-state index contributed by atoms with van der Waals surface area (Å²) in [6.45, 7) is 7.63. The Balaban J connectivity index is 2.42. The summed E-state index contributed by atoms with van der Waals surface area (Å²) in [7, 11) is 0. The van der Waals surface area contributed by atoms with E-state index in [9.17, 15) is 9.59 Å². The molecule has 0 aliphatic rings. The monoisotopic (exact) mass is 314 g/mol. The molecule has 5 heteroatoms. The molecule has 1 aromatic heterocycles. The van der Waals surface area contributed by atoms with Gasteiger partial charge in [-0.15, -0.1) is 0 Å². The Labute approximate surface area is 136 Å². The SMILES string of the molecule is CCOC(=O)CN(C(=O)c1cncc2ccccc12)C(C)(C)C. The Hall–Kier alpha value is -2.43. The highest BCUT2D eigenvalue weighted by molar-refractivity contribution is 6.07. The second-order valence-corrected chi connectivity index (χ2v) is 6.28. The topological polar surface area (TPSA) is 59.5 Å². The van der Waals surface area contributed by atoms with E-state index in [1.54, 1.807) is 19.3 Å². The molecule has 1 aromatic carbocycles. The van der Waals surface area contributed by atoms with Crippen LogP contribution in [0.2, 0.25) is 0 Å². The molecule has 2 rings (SSSR count). The molecule has 0 bridgehead atoms. The zero-order chi connectivity index (χ0) is 17.0. The standard InChI is InChI=1S/C18H22N2O3/c1-5-23-16(21)12-20(18(2,3)4)17(22)15-11-19-10-13-8-6-7-9-14(13)15/h6-11H,5,12H2,1-4H3. The molecule has 5 nitrogen and oxygen atoms in total. The summed E-state index contributed by atoms with van der Waals surface area (Å²) in [5, 5.41) is 1.72. The average molecular weight is 314 g/mol. The van der Waals surface area contributed by atoms with Gasteiger partial charge < -0.3 is 9.64 Å². The minimum Gasteiger partial charge on any atom is -0.465 e. The molecular formula is C18H22N2O3. The van der Waals surface area contributed by atoms with Gasteiger partial charge in [-0.3, -0.25) is 14.6 Å². The molecule has 0 saturated heterocycles. The molecule has 0 radical (unpaired) electrons. The van der Waals surface area contributed by atoms with Crippen LogP contribution in [0.5, 0.6) is 0 Å². The number of benzene rings is 1. The smallest absolute Gasteiger partial charge is 0.325 e. The van der Waals surface area contributed by atoms with Gasteiger partial charge in [0.1, 0.15) is 6.54 Å². The van der Waals surface area contributed by atoms with Crippen LogP contribution in [0.3, 0.4) is 0 Å². The minimum absolute atomic E-state index is 0.0839. The maximum Gasteiger partial charge on any atom is 0.325 e. The summed E-state index contributed by atoms with van der Waals surface area (Å²) >= 11 is 0. The number of ether oxygens (including phenoxy) is 1. The zero-order valence-corrected chi connectivity index (χ0v) is 14.0. The second kappa shape index (κ2) is 6.77. The summed E-state index contributed by atoms with van der Waals surface area (Å²) < 4.78 is 4.99. The van der Waals surface area contributed by atoms with Crippen LogP contribution >= 0.6 is 0 Å². The van der Waals surface area contributed by atoms with Gasteiger partial charge in [-0.25, -0.2) is 0 Å². The van der Waals surface area contributed by atoms with Gasteiger partial charge in [-0.05, 0) is 33.1 Å². The molecule has 0 aliphatic carbocycles. The molecule has 0 spiro atoms. The number of esters is 1. The van der Waals surface area contributed by atoms with Crippen molar-refractivity contribution in [2.45, 2.75) is 33.2 Å². The largest absolute Gasteiger partial charge is 0.465 e. The van der Waals surface area contributed by atoms with Gasteiger partial charge in [-0.2, -0.15) is 0 Å². The van der Waals surface area contributed by atoms with Crippen LogP contribution < -0.4 is 0 Å². The first-order valence-corrected chi connectivity index (χ1v) is 7.65. The van der Waals surface area contributed by atoms with E-state index >= 15 is 0 Å². The van der Waals surface area contributed by atoms with E-state index in [-0.39, 0.29) is 12.5 Å². The fourth-order valence-corrected chi connectivity index (χ4v) is 2.38. The first kappa shape index (κ1) is 16.9. The molecule has 0 saturated carbocycles. The van der Waals surface area contributed by atoms with Crippen LogP contribution in [0.15, 0.2) is 36.7 Å². The van der Waals surface area contributed by atoms with Crippen LogP contribution in [-0.2, 0) is 9.53 Å². The van der Waals surface area contributed by atoms with Gasteiger partial charge in [-0.1, -0.05) is 24.3 Å². The maximum absolute atomic E-state index is 13.0. The molecule has 1 amide bonds. The molecule has 0 aliphatic heterocycles. The number of hydrogen-bond donors (Lipinski definition) is 0. The van der Waals surface area contributed by atoms with Crippen molar-refractivity contribution in [1.29, 1.82) is 0 Å². The van der Waals surface area contributed by atoms with Crippen molar-refractivity contribution in [3.05, 3.63) is 42.2 Å². The van der Waals surface area contributed by atoms with Crippen LogP contribution in [0.25, 0.3) is 10.8 Å². The number of hydrogen-bond acceptors (Lipinski definition) is 4. The van der Waals surface area contributed by atoms with Gasteiger partial charge in [0, 0.05) is 23.3 Å². The van der Waals surface area contributed by atoms with Crippen molar-refractivity contribution in [3.63, 3.8) is 0 Å². The van der Waals surface area contributed by atoms with Crippen LogP contribution in [0.1, 0.15) is 38.1 Å². The van der Waals surface area contributed by atoms with E-state index in [2.05, 4.69) is 4.98 Å². The van der Waals surface area contributed by atoms with Crippen molar-refractivity contribution in [1.82, 2.24) is 9.88 Å². The molecule has 0 N–H and O–H groups in total. The van der Waals surface area contributed by atoms with Crippen LogP contribution in [0, 0.1) is 0 Å². The molecular weight excluding hydrogens is 292 g/mol. The highest BCUT2D eigenvalue weighted by atomic mass is 16.5. The Bertz CT molecular complexity index is 714. The lowest BCUT2D eigenvalue weighted by Gasteiger charge is -2.35. The van der Waals surface area contributed by atoms with Gasteiger partial charge in [0.05, 0.1) is 12.2 Å². The van der Waals surface area contributed by atoms with Crippen molar-refractivity contribution < 1.29 is 14.3 Å². The summed E-state index contributed by atoms with van der Waals surface area (Å²) in [4.78, 5) is 30.6. The van der Waals surface area contributed by atoms with Crippen molar-refractivity contribution in [2.75, 3.05) is 13.2 Å². The third kappa shape index (κ3) is 3.86. The Morgan fingerprint density at radius 3 is 2.52 bits per heavy atom. The van der Waals surface area contributed by atoms with E-state index in [1.165, 1.54) is 4.90 Å². The average Bonchev–Trinajstić information content (AvgIpc) is 2.50. The van der Waals surface area contributed by atoms with Crippen LogP contribution in [0.4, 0.5) is 0 Å². The Morgan fingerprint density at radius 1 is 1.17 bits per heavy atom. The summed E-state index contributed by atoms with van der Waals surface area (Å²) in [5.74, 6) is -0.640. The molecule has 1 heterocycles. The predicted molar refractivity (Wildman–Crippen MR) is 89.2 cm³/mol. The molecule has 0 atom stereocenters. The number of amides is 1. The molecule has 2 aromatic rings. The first-order valence-electron chi connectivity index (χ1n) is 7.65. The molecule has 0 unspecified atom stereocenters. The van der Waals surface area contributed by atoms with E-state index in [1.807, 2.05) is 45.0 Å². The molecule has 0 fully saturated rings. The Kier molecular flexibility index (Phi) is 4.98. The zero-order valence-electron chi connectivity index (χ0n) is 14.0. The fraction of sp³-hybridized carbons (Fsp3) is 0.389. The number of fused-ring (bicyclic) bond motifs is 1. The van der Waals surface area contributed by atoms with E-state index < -0.39 is 11.5 Å². The third-order valence-corrected chi connectivity index (χ3v) is 3.55. The number of rotatable bonds is 4. The molecule has 122 valence electrons. The number of carbonyl (C=O) groups excluding carboxylic acids is 2. The summed E-state index contributed by atoms with van der Waals surface area (Å²) in [5.41, 5.74) is -0.0248. The van der Waals surface area contributed by atoms with E-state index in [0.29, 0.717) is 12.2 Å². The number of nitrogens with zero attached hydrogens (tertiary/aromatic N) is 2. The minimum atomic E-state index is -0.513. The number of pyridine rings is 1. The van der Waals surface area contributed by atoms with Gasteiger partial charge >= 0.3 is 5.97 Å². The van der Waals surface area contributed by atoms with Gasteiger partial charge in [0.2, 0.25) is 0 Å². The summed E-state index contributed by atoms with van der Waals surface area (Å²) in [6.07, 6.45) is 3.27. The lowest BCUT2D eigenvalue weighted by atomic mass is 10.0. The fourth-order valence-electron chi connectivity index (χ4n) is 2.38. The Morgan fingerprint density at radius 2 is 1.87 bits per heavy atom. The second-order valence-electron chi connectivity index (χ2n) is 6.28. The quantitative estimate of drug-likeness (QED) is 0.814. The first-order chi connectivity index (χ1) is 10.8. The van der Waals surface area contributed by atoms with E-state index in [4.69, 9.17) is 4.74 Å². The van der Waals surface area contributed by atoms with Crippen molar-refractivity contribution >= 4 is 22.6 Å². The van der Waals surface area contributed by atoms with E-state index in [0.717, 1.165) is 10.8 Å². The third-order valence-electron chi connectivity index (χ3n) is 3.55. The normalized spacial score (nSPS) is 11.3. The van der Waals surface area contributed by atoms with Gasteiger partial charge in [0.25, 0.3) is 5.91 Å². The highest BCUT2D eigenvalue weighted by Gasteiger charge is 2.30. The highest BCUT2D eigenvalue weighted by Crippen LogP contribution is 2.22. The maximum atomic E-state index is 13.0.